The van der Waals surface area contributed by atoms with Gasteiger partial charge in [-0.05, 0) is 37.6 Å². The topological polar surface area (TPSA) is 132 Å². The van der Waals surface area contributed by atoms with Crippen LogP contribution in [-0.4, -0.2) is 59.3 Å². The third-order valence-electron chi connectivity index (χ3n) is 6.12. The first-order chi connectivity index (χ1) is 19.5. The first kappa shape index (κ1) is 28.8. The number of ether oxygens (including phenoxy) is 3. The average Bonchev–Trinajstić information content (AvgIpc) is 3.46. The number of nitrogens with zero attached hydrogens (tertiary/aromatic N) is 4. The van der Waals surface area contributed by atoms with E-state index in [1.165, 1.54) is 11.3 Å². The van der Waals surface area contributed by atoms with Gasteiger partial charge in [0.1, 0.15) is 17.0 Å². The van der Waals surface area contributed by atoms with Crippen LogP contribution in [0.25, 0.3) is 11.0 Å². The van der Waals surface area contributed by atoms with Crippen LogP contribution in [-0.2, 0) is 11.3 Å². The summed E-state index contributed by atoms with van der Waals surface area (Å²) in [5, 5.41) is 12.6. The monoisotopic (exact) mass is 565 g/mol. The van der Waals surface area contributed by atoms with Crippen LogP contribution in [0.5, 0.6) is 11.5 Å². The molecule has 1 aromatic carbocycles. The fraction of sp³-hybridized carbons (Fsp3) is 0.393. The van der Waals surface area contributed by atoms with Crippen LogP contribution >= 0.6 is 11.3 Å². The maximum Gasteiger partial charge on any atom is 0.357 e. The molecule has 0 saturated heterocycles. The van der Waals surface area contributed by atoms with Gasteiger partial charge in [-0.3, -0.25) is 4.98 Å². The summed E-state index contributed by atoms with van der Waals surface area (Å²) in [6.45, 7) is 5.30. The molecule has 3 aromatic heterocycles. The fourth-order valence-electron chi connectivity index (χ4n) is 4.05. The molecule has 40 heavy (non-hydrogen) atoms. The van der Waals surface area contributed by atoms with Gasteiger partial charge in [-0.25, -0.2) is 14.8 Å². The number of anilines is 3. The number of rotatable bonds is 15. The zero-order valence-corrected chi connectivity index (χ0v) is 24.0. The molecule has 0 spiro atoms. The van der Waals surface area contributed by atoms with Crippen LogP contribution in [0.1, 0.15) is 49.2 Å². The van der Waals surface area contributed by atoms with E-state index < -0.39 is 5.97 Å². The van der Waals surface area contributed by atoms with E-state index in [1.54, 1.807) is 32.7 Å². The fourth-order valence-corrected chi connectivity index (χ4v) is 4.74. The summed E-state index contributed by atoms with van der Waals surface area (Å²) in [6.07, 6.45) is 4.73. The lowest BCUT2D eigenvalue weighted by molar-refractivity contribution is 0.0520. The third-order valence-corrected chi connectivity index (χ3v) is 6.92. The molecule has 0 unspecified atom stereocenters. The lowest BCUT2D eigenvalue weighted by atomic mass is 10.1. The number of thiazole rings is 1. The standard InChI is InChI=1S/C28H35N7O4S/c1-5-7-9-19(16-31-28-34-22(17-40-28)26(36)39-6-2)32-25-24-21(10-8-13-29-24)33-27(35-25)30-15-18-11-12-20(37-3)14-23(18)38-4/h8,10-14,17,19H,5-7,9,15-16H2,1-4H3,(H,31,34)(H2,30,32,33,35)/t19-/m1/s1. The average molecular weight is 566 g/mol. The van der Waals surface area contributed by atoms with Crippen molar-refractivity contribution in [3.05, 3.63) is 53.2 Å². The molecule has 0 radical (unpaired) electrons. The van der Waals surface area contributed by atoms with Crippen molar-refractivity contribution in [1.82, 2.24) is 19.9 Å². The molecule has 11 nitrogen and oxygen atoms in total. The number of aromatic nitrogens is 4. The molecule has 4 rings (SSSR count). The molecular formula is C28H35N7O4S. The summed E-state index contributed by atoms with van der Waals surface area (Å²) in [4.78, 5) is 30.4. The minimum atomic E-state index is -0.418. The SMILES string of the molecule is CCCC[C@H](CNc1nc(C(=O)OCC)cs1)Nc1nc(NCc2ccc(OC)cc2OC)nc2cccnc12. The van der Waals surface area contributed by atoms with Crippen LogP contribution in [0.2, 0.25) is 0 Å². The molecule has 0 saturated carbocycles. The predicted octanol–water partition coefficient (Wildman–Crippen LogP) is 5.37. The Balaban J connectivity index is 1.51. The molecule has 3 heterocycles. The second-order valence-electron chi connectivity index (χ2n) is 8.92. The minimum Gasteiger partial charge on any atom is -0.497 e. The van der Waals surface area contributed by atoms with Gasteiger partial charge in [-0.2, -0.15) is 4.98 Å². The van der Waals surface area contributed by atoms with Gasteiger partial charge < -0.3 is 30.2 Å². The highest BCUT2D eigenvalue weighted by Gasteiger charge is 2.17. The number of hydrogen-bond acceptors (Lipinski definition) is 12. The van der Waals surface area contributed by atoms with E-state index in [9.17, 15) is 4.79 Å². The second kappa shape index (κ2) is 14.3. The van der Waals surface area contributed by atoms with Gasteiger partial charge in [0.25, 0.3) is 0 Å². The summed E-state index contributed by atoms with van der Waals surface area (Å²) in [5.74, 6) is 2.14. The number of nitrogens with one attached hydrogen (secondary N) is 3. The van der Waals surface area contributed by atoms with Crippen molar-refractivity contribution in [3.8, 4) is 11.5 Å². The number of benzene rings is 1. The van der Waals surface area contributed by atoms with E-state index >= 15 is 0 Å². The highest BCUT2D eigenvalue weighted by atomic mass is 32.1. The highest BCUT2D eigenvalue weighted by Crippen LogP contribution is 2.26. The molecule has 4 aromatic rings. The number of carbonyl (C=O) groups is 1. The maximum absolute atomic E-state index is 12.0. The van der Waals surface area contributed by atoms with Crippen molar-refractivity contribution in [2.75, 3.05) is 43.3 Å². The van der Waals surface area contributed by atoms with Gasteiger partial charge in [0.05, 0.1) is 26.3 Å². The normalized spacial score (nSPS) is 11.6. The van der Waals surface area contributed by atoms with Crippen molar-refractivity contribution >= 4 is 45.2 Å². The molecule has 0 aliphatic carbocycles. The predicted molar refractivity (Wildman–Crippen MR) is 158 cm³/mol. The Morgan fingerprint density at radius 2 is 1.95 bits per heavy atom. The summed E-state index contributed by atoms with van der Waals surface area (Å²) >= 11 is 1.37. The van der Waals surface area contributed by atoms with Crippen molar-refractivity contribution < 1.29 is 19.0 Å². The number of unbranched alkanes of at least 4 members (excludes halogenated alkanes) is 1. The first-order valence-corrected chi connectivity index (χ1v) is 14.1. The van der Waals surface area contributed by atoms with Gasteiger partial charge in [-0.15, -0.1) is 11.3 Å². The minimum absolute atomic E-state index is 0.0320. The Morgan fingerprint density at radius 1 is 1.07 bits per heavy atom. The van der Waals surface area contributed by atoms with Crippen LogP contribution in [0.15, 0.2) is 41.9 Å². The first-order valence-electron chi connectivity index (χ1n) is 13.2. The lowest BCUT2D eigenvalue weighted by Gasteiger charge is -2.21. The van der Waals surface area contributed by atoms with Gasteiger partial charge in [0, 0.05) is 42.3 Å². The highest BCUT2D eigenvalue weighted by molar-refractivity contribution is 7.13. The van der Waals surface area contributed by atoms with E-state index in [-0.39, 0.29) is 6.04 Å². The quantitative estimate of drug-likeness (QED) is 0.161. The van der Waals surface area contributed by atoms with Crippen LogP contribution in [0.4, 0.5) is 16.9 Å². The third kappa shape index (κ3) is 7.47. The van der Waals surface area contributed by atoms with Crippen molar-refractivity contribution in [2.24, 2.45) is 0 Å². The van der Waals surface area contributed by atoms with Gasteiger partial charge in [0.2, 0.25) is 5.95 Å². The van der Waals surface area contributed by atoms with E-state index in [4.69, 9.17) is 19.2 Å². The van der Waals surface area contributed by atoms with Gasteiger partial charge in [0.15, 0.2) is 16.6 Å². The number of esters is 1. The van der Waals surface area contributed by atoms with E-state index in [2.05, 4.69) is 37.8 Å². The maximum atomic E-state index is 12.0. The Bertz CT molecular complexity index is 1410. The summed E-state index contributed by atoms with van der Waals surface area (Å²) < 4.78 is 15.9. The molecule has 3 N–H and O–H groups in total. The smallest absolute Gasteiger partial charge is 0.357 e. The molecule has 12 heteroatoms. The Kier molecular flexibility index (Phi) is 10.3. The van der Waals surface area contributed by atoms with Crippen molar-refractivity contribution in [2.45, 2.75) is 45.7 Å². The molecule has 0 fully saturated rings. The van der Waals surface area contributed by atoms with Gasteiger partial charge >= 0.3 is 5.97 Å². The zero-order valence-electron chi connectivity index (χ0n) is 23.2. The summed E-state index contributed by atoms with van der Waals surface area (Å²) in [7, 11) is 3.26. The van der Waals surface area contributed by atoms with Crippen LogP contribution in [0, 0.1) is 0 Å². The van der Waals surface area contributed by atoms with E-state index in [0.29, 0.717) is 53.6 Å². The largest absolute Gasteiger partial charge is 0.497 e. The van der Waals surface area contributed by atoms with Crippen molar-refractivity contribution in [3.63, 3.8) is 0 Å². The second-order valence-corrected chi connectivity index (χ2v) is 9.78. The number of hydrogen-bond donors (Lipinski definition) is 3. The molecule has 0 amide bonds. The Morgan fingerprint density at radius 3 is 2.73 bits per heavy atom. The van der Waals surface area contributed by atoms with Crippen molar-refractivity contribution in [1.29, 1.82) is 0 Å². The number of carbonyl (C=O) groups excluding carboxylic acids is 1. The number of fused-ring (bicyclic) bond motifs is 1. The van der Waals surface area contributed by atoms with E-state index in [1.807, 2.05) is 30.3 Å². The van der Waals surface area contributed by atoms with E-state index in [0.717, 1.165) is 36.1 Å². The molecular weight excluding hydrogens is 530 g/mol. The van der Waals surface area contributed by atoms with Crippen LogP contribution in [0.3, 0.4) is 0 Å². The molecule has 0 bridgehead atoms. The number of methoxy groups -OCH3 is 2. The lowest BCUT2D eigenvalue weighted by Crippen LogP contribution is -2.29. The summed E-state index contributed by atoms with van der Waals surface area (Å²) in [5.41, 5.74) is 2.67. The van der Waals surface area contributed by atoms with Gasteiger partial charge in [-0.1, -0.05) is 19.8 Å². The molecule has 1 atom stereocenters. The van der Waals surface area contributed by atoms with Crippen LogP contribution < -0.4 is 25.4 Å². The molecule has 212 valence electrons. The Hall–Kier alpha value is -4.19. The molecule has 0 aliphatic heterocycles. The zero-order chi connectivity index (χ0) is 28.3. The summed E-state index contributed by atoms with van der Waals surface area (Å²) in [6, 6.07) is 9.49. The Labute approximate surface area is 237 Å². The molecule has 0 aliphatic rings. The number of pyridine rings is 1.